The average molecular weight is 917 g/mol. The summed E-state index contributed by atoms with van der Waals surface area (Å²) in [6, 6.07) is 10.6. The van der Waals surface area contributed by atoms with Crippen LogP contribution >= 0.6 is 0 Å². The topological polar surface area (TPSA) is 301 Å². The Hall–Kier alpha value is -6.61. The zero-order valence-corrected chi connectivity index (χ0v) is 37.1. The van der Waals surface area contributed by atoms with Crippen molar-refractivity contribution in [3.63, 3.8) is 0 Å². The number of methoxy groups -OCH3 is 1. The summed E-state index contributed by atoms with van der Waals surface area (Å²) < 4.78 is 5.18. The number of hydrogen-bond donors (Lipinski definition) is 11. The highest BCUT2D eigenvalue weighted by Gasteiger charge is 2.41. The van der Waals surface area contributed by atoms with Gasteiger partial charge in [-0.15, -0.1) is 0 Å². The van der Waals surface area contributed by atoms with Gasteiger partial charge >= 0.3 is 0 Å². The molecular formula is C46H60N8O12. The number of benzene rings is 2. The third-order valence-electron chi connectivity index (χ3n) is 11.5. The Balaban J connectivity index is 1.29. The molecule has 20 nitrogen and oxygen atoms in total. The molecule has 356 valence electrons. The maximum absolute atomic E-state index is 13.6. The standard InChI is InChI=1S/C46H60N8O12/c1-26(10-6-4-5-7-11-27-14-16-30(66-3)17-15-27)42(61)43(62)41-44(63)46(65)52-33-20-37(57)50-34(33)21-40(60)54(2)25-39(59)51-35(18-28-22-47-32-13-9-8-12-31(28)32)45(64)49-24-38(58)48-23-29(55)19-36(56)53-41/h7-9,11-17,21-22,26,29,33,35,41-44,47,55,61-63H,4-6,10,18-20,23-25H2,1-3H3,(H,48,58)(H,49,64)(H,50,57)(H,51,59)(H,52,65)(H,53,56)/b11-7+,34-21-/t26-,29+,33+,35+,41+,42-,43-,44-/m0/s1. The van der Waals surface area contributed by atoms with Gasteiger partial charge in [0.2, 0.25) is 35.4 Å². The van der Waals surface area contributed by atoms with Gasteiger partial charge in [0.15, 0.2) is 6.10 Å². The first-order valence-electron chi connectivity index (χ1n) is 21.8. The molecule has 20 heteroatoms. The highest BCUT2D eigenvalue weighted by molar-refractivity contribution is 5.96. The van der Waals surface area contributed by atoms with E-state index in [1.54, 1.807) is 20.2 Å². The van der Waals surface area contributed by atoms with Gasteiger partial charge in [0.05, 0.1) is 57.3 Å². The number of carbonyl (C=O) groups excluding carboxylic acids is 7. The number of aromatic nitrogens is 1. The van der Waals surface area contributed by atoms with Crippen LogP contribution in [0.5, 0.6) is 5.75 Å². The number of unbranched alkanes of at least 4 members (excludes halogenated alkanes) is 2. The van der Waals surface area contributed by atoms with Gasteiger partial charge in [-0.05, 0) is 54.5 Å². The van der Waals surface area contributed by atoms with E-state index >= 15 is 0 Å². The number of rotatable bonds is 12. The third-order valence-corrected chi connectivity index (χ3v) is 11.5. The van der Waals surface area contributed by atoms with Gasteiger partial charge in [-0.3, -0.25) is 33.6 Å². The maximum atomic E-state index is 13.6. The number of fused-ring (bicyclic) bond motifs is 2. The Morgan fingerprint density at radius 2 is 1.59 bits per heavy atom. The molecule has 0 unspecified atom stereocenters. The van der Waals surface area contributed by atoms with Crippen molar-refractivity contribution in [3.8, 4) is 5.75 Å². The van der Waals surface area contributed by atoms with Crippen LogP contribution in [-0.2, 0) is 40.0 Å². The first-order valence-corrected chi connectivity index (χ1v) is 21.8. The van der Waals surface area contributed by atoms with Gasteiger partial charge in [0, 0.05) is 48.9 Å². The number of H-pyrrole nitrogens is 1. The minimum atomic E-state index is -2.23. The molecule has 1 fully saturated rings. The normalized spacial score (nSPS) is 24.5. The largest absolute Gasteiger partial charge is 0.497 e. The fourth-order valence-corrected chi connectivity index (χ4v) is 7.64. The number of carbonyl (C=O) groups is 7. The Labute approximate surface area is 381 Å². The summed E-state index contributed by atoms with van der Waals surface area (Å²) in [6.07, 6.45) is 0.891. The molecule has 0 bridgehead atoms. The van der Waals surface area contributed by atoms with Gasteiger partial charge in [-0.25, -0.2) is 0 Å². The molecule has 2 aliphatic heterocycles. The van der Waals surface area contributed by atoms with Gasteiger partial charge in [0.25, 0.3) is 5.91 Å². The van der Waals surface area contributed by atoms with E-state index in [4.69, 9.17) is 4.74 Å². The number of amides is 7. The summed E-state index contributed by atoms with van der Waals surface area (Å²) in [7, 11) is 2.89. The monoisotopic (exact) mass is 916 g/mol. The molecule has 11 N–H and O–H groups in total. The second kappa shape index (κ2) is 24.1. The summed E-state index contributed by atoms with van der Waals surface area (Å²) in [5.74, 6) is -5.58. The molecule has 5 rings (SSSR count). The van der Waals surface area contributed by atoms with E-state index in [1.807, 2.05) is 60.7 Å². The van der Waals surface area contributed by atoms with E-state index in [1.165, 1.54) is 7.05 Å². The summed E-state index contributed by atoms with van der Waals surface area (Å²) >= 11 is 0. The summed E-state index contributed by atoms with van der Waals surface area (Å²) in [5, 5.41) is 60.3. The van der Waals surface area contributed by atoms with E-state index in [-0.39, 0.29) is 18.5 Å². The van der Waals surface area contributed by atoms with Crippen LogP contribution in [0.1, 0.15) is 56.6 Å². The number of nitrogens with zero attached hydrogens (tertiary/aromatic N) is 1. The fraction of sp³-hybridized carbons (Fsp3) is 0.457. The highest BCUT2D eigenvalue weighted by atomic mass is 16.5. The number of allylic oxidation sites excluding steroid dienone is 1. The van der Waals surface area contributed by atoms with E-state index in [0.717, 1.165) is 46.0 Å². The highest BCUT2D eigenvalue weighted by Crippen LogP contribution is 2.22. The van der Waals surface area contributed by atoms with Gasteiger partial charge < -0.3 is 66.9 Å². The van der Waals surface area contributed by atoms with Crippen molar-refractivity contribution >= 4 is 58.3 Å². The van der Waals surface area contributed by atoms with Crippen LogP contribution in [0.4, 0.5) is 0 Å². The predicted octanol–water partition coefficient (Wildman–Crippen LogP) is -0.975. The van der Waals surface area contributed by atoms with Crippen LogP contribution in [0, 0.1) is 5.92 Å². The molecule has 66 heavy (non-hydrogen) atoms. The lowest BCUT2D eigenvalue weighted by Gasteiger charge is -2.33. The Bertz CT molecular complexity index is 2260. The lowest BCUT2D eigenvalue weighted by molar-refractivity contribution is -0.139. The van der Waals surface area contributed by atoms with Gasteiger partial charge in [0.1, 0.15) is 17.9 Å². The van der Waals surface area contributed by atoms with E-state index in [9.17, 15) is 54.0 Å². The van der Waals surface area contributed by atoms with E-state index in [2.05, 4.69) is 36.9 Å². The third kappa shape index (κ3) is 14.4. The van der Waals surface area contributed by atoms with Crippen LogP contribution in [0.25, 0.3) is 17.0 Å². The van der Waals surface area contributed by atoms with Crippen molar-refractivity contribution in [2.45, 2.75) is 94.4 Å². The average Bonchev–Trinajstić information content (AvgIpc) is 3.87. The number of likely N-dealkylation sites (N-methyl/N-ethyl adjacent to an activating group) is 1. The lowest BCUT2D eigenvalue weighted by Crippen LogP contribution is -2.60. The smallest absolute Gasteiger partial charge is 0.251 e. The summed E-state index contributed by atoms with van der Waals surface area (Å²) in [5.41, 5.74) is 2.38. The Morgan fingerprint density at radius 3 is 2.33 bits per heavy atom. The van der Waals surface area contributed by atoms with Crippen molar-refractivity contribution < 1.29 is 58.7 Å². The molecule has 2 aliphatic rings. The minimum absolute atomic E-state index is 0.00584. The van der Waals surface area contributed by atoms with Gasteiger partial charge in [-0.1, -0.05) is 55.8 Å². The first kappa shape index (κ1) is 50.4. The SMILES string of the molecule is COc1ccc(/C=C/CCCC[C@H](C)[C@H](O)[C@@H](O)[C@H]2NC(=O)C[C@@H](O)CNC(=O)CNC(=O)[C@@H](Cc3c[nH]c4ccccc34)NC(=O)CN(C)C(=O)/C=C3\NC(=O)C[C@H]3NC(=O)[C@H]2O)cc1. The molecular weight excluding hydrogens is 857 g/mol. The van der Waals surface area contributed by atoms with Crippen LogP contribution in [0.15, 0.2) is 72.6 Å². The Kier molecular flexibility index (Phi) is 18.4. The molecule has 1 aromatic heterocycles. The van der Waals surface area contributed by atoms with Crippen molar-refractivity contribution in [1.82, 2.24) is 41.8 Å². The molecule has 1 saturated heterocycles. The molecule has 0 aliphatic carbocycles. The van der Waals surface area contributed by atoms with E-state index < -0.39 is 116 Å². The fourth-order valence-electron chi connectivity index (χ4n) is 7.64. The molecule has 3 heterocycles. The number of aromatic amines is 1. The van der Waals surface area contributed by atoms with Crippen molar-refractivity contribution in [1.29, 1.82) is 0 Å². The summed E-state index contributed by atoms with van der Waals surface area (Å²) in [4.78, 5) is 96.6. The molecule has 0 saturated carbocycles. The van der Waals surface area contributed by atoms with Crippen LogP contribution in [-0.4, -0.2) is 148 Å². The quantitative estimate of drug-likeness (QED) is 0.0979. The number of para-hydroxylation sites is 1. The van der Waals surface area contributed by atoms with Crippen LogP contribution in [0.3, 0.4) is 0 Å². The number of nitrogens with one attached hydrogen (secondary N) is 7. The maximum Gasteiger partial charge on any atom is 0.251 e. The van der Waals surface area contributed by atoms with Crippen LogP contribution in [0.2, 0.25) is 0 Å². The second-order valence-electron chi connectivity index (χ2n) is 16.6. The lowest BCUT2D eigenvalue weighted by atomic mass is 9.88. The zero-order valence-electron chi connectivity index (χ0n) is 37.1. The molecule has 8 atom stereocenters. The zero-order chi connectivity index (χ0) is 47.9. The number of β-amino-alcohol motifs (C(OH)–C–C–N with tert-alkyl or cyclic N) is 1. The van der Waals surface area contributed by atoms with Crippen LogP contribution < -0.4 is 36.6 Å². The van der Waals surface area contributed by atoms with Gasteiger partial charge in [-0.2, -0.15) is 0 Å². The summed E-state index contributed by atoms with van der Waals surface area (Å²) in [6.45, 7) is 0.0602. The Morgan fingerprint density at radius 1 is 0.848 bits per heavy atom. The van der Waals surface area contributed by atoms with Crippen molar-refractivity contribution in [2.24, 2.45) is 5.92 Å². The molecule has 3 aromatic rings. The van der Waals surface area contributed by atoms with E-state index in [0.29, 0.717) is 18.4 Å². The molecule has 2 aromatic carbocycles. The predicted molar refractivity (Wildman–Crippen MR) is 241 cm³/mol. The second-order valence-corrected chi connectivity index (χ2v) is 16.6. The van der Waals surface area contributed by atoms with Crippen molar-refractivity contribution in [3.05, 3.63) is 83.7 Å². The first-order chi connectivity index (χ1) is 31.5. The molecule has 0 spiro atoms. The van der Waals surface area contributed by atoms with Crippen molar-refractivity contribution in [2.75, 3.05) is 33.8 Å². The minimum Gasteiger partial charge on any atom is -0.497 e. The molecule has 7 amide bonds. The number of hydrogen-bond acceptors (Lipinski definition) is 12. The molecule has 0 radical (unpaired) electrons. The number of ether oxygens (including phenoxy) is 1. The number of aliphatic hydroxyl groups is 4. The number of aliphatic hydroxyl groups excluding tert-OH is 4.